The standard InChI is InChI=1S/C14H9ClN4O4/c15-12-9(19(22)23)5-10(20)11(13(12)18-14(17)21)8-4-2-1-3-7(8)6-16/h1-5,20H,(H3,17,18,21). The van der Waals surface area contributed by atoms with Gasteiger partial charge in [0.05, 0.1) is 33.9 Å². The molecule has 0 atom stereocenters. The van der Waals surface area contributed by atoms with Crippen molar-refractivity contribution in [2.45, 2.75) is 0 Å². The van der Waals surface area contributed by atoms with Gasteiger partial charge in [0.2, 0.25) is 0 Å². The summed E-state index contributed by atoms with van der Waals surface area (Å²) in [4.78, 5) is 21.4. The number of aromatic hydroxyl groups is 1. The van der Waals surface area contributed by atoms with E-state index in [9.17, 15) is 25.3 Å². The second kappa shape index (κ2) is 6.21. The quantitative estimate of drug-likeness (QED) is 0.584. The maximum Gasteiger partial charge on any atom is 0.316 e. The average molecular weight is 333 g/mol. The first-order chi connectivity index (χ1) is 10.9. The van der Waals surface area contributed by atoms with Crippen LogP contribution in [0.15, 0.2) is 30.3 Å². The Balaban J connectivity index is 2.87. The molecule has 116 valence electrons. The van der Waals surface area contributed by atoms with Crippen LogP contribution in [0.25, 0.3) is 11.1 Å². The van der Waals surface area contributed by atoms with Crippen molar-refractivity contribution in [2.75, 3.05) is 5.32 Å². The van der Waals surface area contributed by atoms with Crippen LogP contribution in [0.5, 0.6) is 5.75 Å². The van der Waals surface area contributed by atoms with Gasteiger partial charge in [-0.15, -0.1) is 0 Å². The Morgan fingerprint density at radius 3 is 2.65 bits per heavy atom. The molecule has 0 saturated carbocycles. The predicted molar refractivity (Wildman–Crippen MR) is 83.1 cm³/mol. The van der Waals surface area contributed by atoms with Crippen LogP contribution in [-0.2, 0) is 0 Å². The first-order valence-corrected chi connectivity index (χ1v) is 6.50. The number of nitrogens with two attached hydrogens (primary N) is 1. The normalized spacial score (nSPS) is 9.91. The lowest BCUT2D eigenvalue weighted by atomic mass is 9.97. The van der Waals surface area contributed by atoms with Crippen molar-refractivity contribution in [3.8, 4) is 22.9 Å². The Hall–Kier alpha value is -3.31. The van der Waals surface area contributed by atoms with Crippen molar-refractivity contribution in [3.05, 3.63) is 51.0 Å². The summed E-state index contributed by atoms with van der Waals surface area (Å²) in [5.74, 6) is -0.521. The maximum absolute atomic E-state index is 11.2. The summed E-state index contributed by atoms with van der Waals surface area (Å²) < 4.78 is 0. The molecular formula is C14H9ClN4O4. The summed E-state index contributed by atoms with van der Waals surface area (Å²) in [7, 11) is 0. The number of anilines is 1. The number of urea groups is 1. The van der Waals surface area contributed by atoms with Gasteiger partial charge in [0.25, 0.3) is 5.69 Å². The fourth-order valence-corrected chi connectivity index (χ4v) is 2.34. The smallest absolute Gasteiger partial charge is 0.316 e. The van der Waals surface area contributed by atoms with Gasteiger partial charge < -0.3 is 16.2 Å². The highest BCUT2D eigenvalue weighted by Gasteiger charge is 2.26. The van der Waals surface area contributed by atoms with E-state index in [2.05, 4.69) is 5.32 Å². The third-order valence-corrected chi connectivity index (χ3v) is 3.37. The van der Waals surface area contributed by atoms with E-state index in [4.69, 9.17) is 17.3 Å². The van der Waals surface area contributed by atoms with Crippen molar-refractivity contribution in [1.82, 2.24) is 0 Å². The second-order valence-electron chi connectivity index (χ2n) is 4.38. The lowest BCUT2D eigenvalue weighted by Gasteiger charge is -2.15. The number of halogens is 1. The molecule has 2 aromatic rings. The van der Waals surface area contributed by atoms with Crippen LogP contribution in [0.2, 0.25) is 5.02 Å². The average Bonchev–Trinajstić information content (AvgIpc) is 2.50. The third-order valence-electron chi connectivity index (χ3n) is 2.99. The zero-order valence-electron chi connectivity index (χ0n) is 11.4. The largest absolute Gasteiger partial charge is 0.507 e. The Morgan fingerprint density at radius 2 is 2.09 bits per heavy atom. The molecule has 0 radical (unpaired) electrons. The van der Waals surface area contributed by atoms with Crippen LogP contribution in [0.3, 0.4) is 0 Å². The molecule has 0 aromatic heterocycles. The number of phenols is 1. The van der Waals surface area contributed by atoms with Crippen molar-refractivity contribution in [1.29, 1.82) is 5.26 Å². The zero-order valence-corrected chi connectivity index (χ0v) is 12.2. The molecule has 4 N–H and O–H groups in total. The van der Waals surface area contributed by atoms with E-state index in [1.165, 1.54) is 12.1 Å². The van der Waals surface area contributed by atoms with E-state index in [1.807, 2.05) is 6.07 Å². The number of nitro groups is 1. The predicted octanol–water partition coefficient (Wildman–Crippen LogP) is 2.98. The SMILES string of the molecule is N#Cc1ccccc1-c1c(O)cc([N+](=O)[O-])c(Cl)c1NC(N)=O. The molecule has 2 amide bonds. The zero-order chi connectivity index (χ0) is 17.1. The van der Waals surface area contributed by atoms with E-state index >= 15 is 0 Å². The molecule has 2 rings (SSSR count). The number of phenolic OH excluding ortho intramolecular Hbond substituents is 1. The molecule has 0 aliphatic rings. The van der Waals surface area contributed by atoms with Crippen molar-refractivity contribution in [2.24, 2.45) is 5.73 Å². The van der Waals surface area contributed by atoms with Crippen LogP contribution in [-0.4, -0.2) is 16.1 Å². The molecule has 0 saturated heterocycles. The number of nitriles is 1. The number of nitrogens with zero attached hydrogens (tertiary/aromatic N) is 2. The van der Waals surface area contributed by atoms with Gasteiger partial charge in [0, 0.05) is 5.56 Å². The Morgan fingerprint density at radius 1 is 1.43 bits per heavy atom. The van der Waals surface area contributed by atoms with Gasteiger partial charge in [-0.2, -0.15) is 5.26 Å². The lowest BCUT2D eigenvalue weighted by molar-refractivity contribution is -0.384. The Kier molecular flexibility index (Phi) is 4.34. The molecule has 0 aliphatic carbocycles. The van der Waals surface area contributed by atoms with Gasteiger partial charge in [0.15, 0.2) is 0 Å². The van der Waals surface area contributed by atoms with Crippen LogP contribution < -0.4 is 11.1 Å². The minimum Gasteiger partial charge on any atom is -0.507 e. The molecule has 0 aliphatic heterocycles. The number of carbonyl (C=O) groups excluding carboxylic acids is 1. The maximum atomic E-state index is 11.2. The number of hydrogen-bond acceptors (Lipinski definition) is 5. The molecule has 2 aromatic carbocycles. The van der Waals surface area contributed by atoms with E-state index in [-0.39, 0.29) is 22.4 Å². The first-order valence-electron chi connectivity index (χ1n) is 6.12. The summed E-state index contributed by atoms with van der Waals surface area (Å²) in [5.41, 5.74) is 4.61. The lowest BCUT2D eigenvalue weighted by Crippen LogP contribution is -2.20. The molecule has 0 bridgehead atoms. The minimum absolute atomic E-state index is 0.0310. The van der Waals surface area contributed by atoms with Crippen molar-refractivity contribution in [3.63, 3.8) is 0 Å². The number of amides is 2. The van der Waals surface area contributed by atoms with Gasteiger partial charge in [-0.3, -0.25) is 10.1 Å². The van der Waals surface area contributed by atoms with Crippen molar-refractivity contribution < 1.29 is 14.8 Å². The summed E-state index contributed by atoms with van der Waals surface area (Å²) in [6.45, 7) is 0. The van der Waals surface area contributed by atoms with Crippen LogP contribution >= 0.6 is 11.6 Å². The van der Waals surface area contributed by atoms with Gasteiger partial charge in [-0.1, -0.05) is 29.8 Å². The highest BCUT2D eigenvalue weighted by Crippen LogP contribution is 2.46. The number of hydrogen-bond donors (Lipinski definition) is 3. The summed E-state index contributed by atoms with van der Waals surface area (Å²) >= 11 is 5.96. The van der Waals surface area contributed by atoms with Crippen molar-refractivity contribution >= 4 is 29.0 Å². The van der Waals surface area contributed by atoms with E-state index < -0.39 is 27.4 Å². The first kappa shape index (κ1) is 16.1. The minimum atomic E-state index is -1.03. The number of rotatable bonds is 3. The molecule has 0 fully saturated rings. The number of carbonyl (C=O) groups is 1. The van der Waals surface area contributed by atoms with Crippen LogP contribution in [0.1, 0.15) is 5.56 Å². The topological polar surface area (TPSA) is 142 Å². The molecule has 8 nitrogen and oxygen atoms in total. The van der Waals surface area contributed by atoms with Gasteiger partial charge >= 0.3 is 6.03 Å². The van der Waals surface area contributed by atoms with Gasteiger partial charge in [-0.05, 0) is 6.07 Å². The molecule has 0 heterocycles. The molecule has 9 heteroatoms. The number of benzene rings is 2. The summed E-state index contributed by atoms with van der Waals surface area (Å²) in [6.07, 6.45) is 0. The highest BCUT2D eigenvalue weighted by atomic mass is 35.5. The Labute approximate surface area is 134 Å². The Bertz CT molecular complexity index is 861. The number of nitrogens with one attached hydrogen (secondary N) is 1. The van der Waals surface area contributed by atoms with E-state index in [0.717, 1.165) is 6.07 Å². The molecule has 0 unspecified atom stereocenters. The summed E-state index contributed by atoms with van der Waals surface area (Å²) in [5, 5.41) is 32.1. The third kappa shape index (κ3) is 3.00. The van der Waals surface area contributed by atoms with Gasteiger partial charge in [-0.25, -0.2) is 4.79 Å². The van der Waals surface area contributed by atoms with E-state index in [1.54, 1.807) is 12.1 Å². The van der Waals surface area contributed by atoms with E-state index in [0.29, 0.717) is 0 Å². The molecule has 23 heavy (non-hydrogen) atoms. The van der Waals surface area contributed by atoms with Gasteiger partial charge in [0.1, 0.15) is 10.8 Å². The molecule has 0 spiro atoms. The monoisotopic (exact) mass is 332 g/mol. The fourth-order valence-electron chi connectivity index (χ4n) is 2.08. The fraction of sp³-hybridized carbons (Fsp3) is 0. The van der Waals surface area contributed by atoms with Crippen LogP contribution in [0.4, 0.5) is 16.2 Å². The highest BCUT2D eigenvalue weighted by molar-refractivity contribution is 6.37. The summed E-state index contributed by atoms with van der Waals surface area (Å²) in [6, 6.07) is 7.93. The second-order valence-corrected chi connectivity index (χ2v) is 4.76. The molecular weight excluding hydrogens is 324 g/mol. The number of nitro benzene ring substituents is 1. The van der Waals surface area contributed by atoms with Crippen LogP contribution in [0, 0.1) is 21.4 Å². The number of primary amides is 1.